The van der Waals surface area contributed by atoms with Crippen molar-refractivity contribution in [3.63, 3.8) is 0 Å². The van der Waals surface area contributed by atoms with E-state index in [9.17, 15) is 10.1 Å². The van der Waals surface area contributed by atoms with Gasteiger partial charge in [0.25, 0.3) is 5.69 Å². The molecule has 96 valence electrons. The molecule has 6 nitrogen and oxygen atoms in total. The number of nitrogens with one attached hydrogen (secondary N) is 2. The molecule has 0 aliphatic carbocycles. The van der Waals surface area contributed by atoms with Crippen LogP contribution in [-0.4, -0.2) is 20.9 Å². The number of hydrogen-bond acceptors (Lipinski definition) is 4. The van der Waals surface area contributed by atoms with Crippen LogP contribution in [0.1, 0.15) is 26.7 Å². The number of nitrogens with zero attached hydrogens (tertiary/aromatic N) is 2. The van der Waals surface area contributed by atoms with Crippen molar-refractivity contribution in [3.8, 4) is 0 Å². The van der Waals surface area contributed by atoms with Gasteiger partial charge in [-0.15, -0.1) is 0 Å². The lowest BCUT2D eigenvalue weighted by molar-refractivity contribution is -0.384. The van der Waals surface area contributed by atoms with Crippen molar-refractivity contribution in [2.75, 3.05) is 5.32 Å². The Morgan fingerprint density at radius 3 is 3.00 bits per heavy atom. The summed E-state index contributed by atoms with van der Waals surface area (Å²) in [4.78, 5) is 17.7. The van der Waals surface area contributed by atoms with Gasteiger partial charge in [-0.3, -0.25) is 10.1 Å². The molecule has 0 fully saturated rings. The van der Waals surface area contributed by atoms with Crippen LogP contribution in [0.15, 0.2) is 18.2 Å². The Bertz CT molecular complexity index is 564. The summed E-state index contributed by atoms with van der Waals surface area (Å²) in [6.45, 7) is 4.21. The number of aromatic nitrogens is 2. The fourth-order valence-electron chi connectivity index (χ4n) is 1.92. The van der Waals surface area contributed by atoms with E-state index in [1.54, 1.807) is 6.07 Å². The molecule has 1 heterocycles. The van der Waals surface area contributed by atoms with Crippen molar-refractivity contribution < 1.29 is 4.92 Å². The molecule has 2 aromatic rings. The normalized spacial score (nSPS) is 12.6. The highest BCUT2D eigenvalue weighted by Gasteiger charge is 2.10. The fraction of sp³-hybridized carbons (Fsp3) is 0.417. The number of benzene rings is 1. The predicted molar refractivity (Wildman–Crippen MR) is 70.7 cm³/mol. The zero-order chi connectivity index (χ0) is 13.1. The Labute approximate surface area is 105 Å². The number of fused-ring (bicyclic) bond motifs is 1. The summed E-state index contributed by atoms with van der Waals surface area (Å²) in [5, 5.41) is 13.9. The second kappa shape index (κ2) is 5.03. The first kappa shape index (κ1) is 12.3. The SMILES string of the molecule is CCCC(C)Nc1nc2ccc([N+](=O)[O-])cc2[nH]1. The molecule has 0 radical (unpaired) electrons. The molecular formula is C12H16N4O2. The summed E-state index contributed by atoms with van der Waals surface area (Å²) in [6, 6.07) is 4.94. The molecular weight excluding hydrogens is 232 g/mol. The molecule has 1 atom stereocenters. The van der Waals surface area contributed by atoms with Gasteiger partial charge in [0.15, 0.2) is 0 Å². The molecule has 1 unspecified atom stereocenters. The maximum Gasteiger partial charge on any atom is 0.271 e. The molecule has 0 spiro atoms. The maximum absolute atomic E-state index is 10.7. The molecule has 0 amide bonds. The third kappa shape index (κ3) is 2.58. The number of non-ortho nitro benzene ring substituents is 1. The molecule has 2 N–H and O–H groups in total. The van der Waals surface area contributed by atoms with Gasteiger partial charge in [-0.05, 0) is 19.4 Å². The first-order valence-electron chi connectivity index (χ1n) is 6.01. The zero-order valence-corrected chi connectivity index (χ0v) is 10.4. The van der Waals surface area contributed by atoms with E-state index in [1.165, 1.54) is 12.1 Å². The standard InChI is InChI=1S/C12H16N4O2/c1-3-4-8(2)13-12-14-10-6-5-9(16(17)18)7-11(10)15-12/h5-8H,3-4H2,1-2H3,(H2,13,14,15). The largest absolute Gasteiger partial charge is 0.353 e. The van der Waals surface area contributed by atoms with E-state index in [0.29, 0.717) is 17.5 Å². The van der Waals surface area contributed by atoms with Gasteiger partial charge < -0.3 is 10.3 Å². The lowest BCUT2D eigenvalue weighted by Gasteiger charge is -2.10. The molecule has 0 aliphatic rings. The number of imidazole rings is 1. The van der Waals surface area contributed by atoms with Crippen LogP contribution in [0.5, 0.6) is 0 Å². The molecule has 6 heteroatoms. The molecule has 18 heavy (non-hydrogen) atoms. The monoisotopic (exact) mass is 248 g/mol. The fourth-order valence-corrected chi connectivity index (χ4v) is 1.92. The summed E-state index contributed by atoms with van der Waals surface area (Å²) in [5.41, 5.74) is 1.47. The minimum Gasteiger partial charge on any atom is -0.353 e. The number of anilines is 1. The van der Waals surface area contributed by atoms with Crippen molar-refractivity contribution in [2.24, 2.45) is 0 Å². The van der Waals surface area contributed by atoms with Gasteiger partial charge in [-0.2, -0.15) is 0 Å². The van der Waals surface area contributed by atoms with Crippen LogP contribution in [-0.2, 0) is 0 Å². The van der Waals surface area contributed by atoms with E-state index in [4.69, 9.17) is 0 Å². The number of nitro benzene ring substituents is 1. The van der Waals surface area contributed by atoms with Gasteiger partial charge in [-0.1, -0.05) is 13.3 Å². The third-order valence-electron chi connectivity index (χ3n) is 2.78. The maximum atomic E-state index is 10.7. The molecule has 2 rings (SSSR count). The predicted octanol–water partition coefficient (Wildman–Crippen LogP) is 3.07. The Morgan fingerprint density at radius 2 is 2.33 bits per heavy atom. The van der Waals surface area contributed by atoms with E-state index in [-0.39, 0.29) is 5.69 Å². The third-order valence-corrected chi connectivity index (χ3v) is 2.78. The summed E-state index contributed by atoms with van der Waals surface area (Å²) >= 11 is 0. The van der Waals surface area contributed by atoms with Crippen LogP contribution in [0.25, 0.3) is 11.0 Å². The number of H-pyrrole nitrogens is 1. The Hall–Kier alpha value is -2.11. The Morgan fingerprint density at radius 1 is 1.56 bits per heavy atom. The molecule has 1 aromatic carbocycles. The molecule has 0 saturated carbocycles. The quantitative estimate of drug-likeness (QED) is 0.629. The van der Waals surface area contributed by atoms with Crippen LogP contribution >= 0.6 is 0 Å². The van der Waals surface area contributed by atoms with Gasteiger partial charge in [-0.25, -0.2) is 4.98 Å². The van der Waals surface area contributed by atoms with E-state index >= 15 is 0 Å². The summed E-state index contributed by atoms with van der Waals surface area (Å²) in [6.07, 6.45) is 2.15. The zero-order valence-electron chi connectivity index (χ0n) is 10.4. The van der Waals surface area contributed by atoms with Crippen molar-refractivity contribution in [1.82, 2.24) is 9.97 Å². The Balaban J connectivity index is 2.24. The van der Waals surface area contributed by atoms with Gasteiger partial charge in [0, 0.05) is 18.2 Å². The molecule has 0 aliphatic heterocycles. The van der Waals surface area contributed by atoms with E-state index in [2.05, 4.69) is 29.1 Å². The smallest absolute Gasteiger partial charge is 0.271 e. The first-order valence-corrected chi connectivity index (χ1v) is 6.01. The average Bonchev–Trinajstić information content (AvgIpc) is 2.69. The number of hydrogen-bond donors (Lipinski definition) is 2. The van der Waals surface area contributed by atoms with E-state index in [0.717, 1.165) is 18.4 Å². The van der Waals surface area contributed by atoms with Crippen LogP contribution in [0.4, 0.5) is 11.6 Å². The van der Waals surface area contributed by atoms with Gasteiger partial charge in [0.05, 0.1) is 16.0 Å². The highest BCUT2D eigenvalue weighted by Crippen LogP contribution is 2.20. The molecule has 0 bridgehead atoms. The van der Waals surface area contributed by atoms with E-state index < -0.39 is 4.92 Å². The Kier molecular flexibility index (Phi) is 3.45. The van der Waals surface area contributed by atoms with Gasteiger partial charge in [0.1, 0.15) is 0 Å². The first-order chi connectivity index (χ1) is 8.60. The number of nitro groups is 1. The summed E-state index contributed by atoms with van der Waals surface area (Å²) < 4.78 is 0. The van der Waals surface area contributed by atoms with Crippen molar-refractivity contribution >= 4 is 22.7 Å². The highest BCUT2D eigenvalue weighted by atomic mass is 16.6. The summed E-state index contributed by atoms with van der Waals surface area (Å²) in [5.74, 6) is 0.659. The van der Waals surface area contributed by atoms with Crippen LogP contribution in [0.2, 0.25) is 0 Å². The number of aromatic amines is 1. The number of rotatable bonds is 5. The highest BCUT2D eigenvalue weighted by molar-refractivity contribution is 5.79. The van der Waals surface area contributed by atoms with Gasteiger partial charge in [0.2, 0.25) is 5.95 Å². The van der Waals surface area contributed by atoms with Crippen molar-refractivity contribution in [1.29, 1.82) is 0 Å². The lowest BCUT2D eigenvalue weighted by atomic mass is 10.2. The van der Waals surface area contributed by atoms with Crippen molar-refractivity contribution in [3.05, 3.63) is 28.3 Å². The van der Waals surface area contributed by atoms with Crippen LogP contribution in [0, 0.1) is 10.1 Å². The average molecular weight is 248 g/mol. The topological polar surface area (TPSA) is 83.8 Å². The minimum atomic E-state index is -0.410. The van der Waals surface area contributed by atoms with Crippen molar-refractivity contribution in [2.45, 2.75) is 32.7 Å². The van der Waals surface area contributed by atoms with E-state index in [1.807, 2.05) is 0 Å². The minimum absolute atomic E-state index is 0.0688. The van der Waals surface area contributed by atoms with Crippen LogP contribution in [0.3, 0.4) is 0 Å². The summed E-state index contributed by atoms with van der Waals surface area (Å²) in [7, 11) is 0. The molecule has 0 saturated heterocycles. The van der Waals surface area contributed by atoms with Crippen LogP contribution < -0.4 is 5.32 Å². The lowest BCUT2D eigenvalue weighted by Crippen LogP contribution is -2.15. The second-order valence-corrected chi connectivity index (χ2v) is 4.38. The second-order valence-electron chi connectivity index (χ2n) is 4.38. The van der Waals surface area contributed by atoms with Gasteiger partial charge >= 0.3 is 0 Å². The molecule has 1 aromatic heterocycles.